The number of ether oxygens (including phenoxy) is 1. The lowest BCUT2D eigenvalue weighted by Gasteiger charge is -2.16. The van der Waals surface area contributed by atoms with Crippen molar-refractivity contribution in [3.05, 3.63) is 88.6 Å². The molecule has 0 aliphatic carbocycles. The Morgan fingerprint density at radius 3 is 2.47 bits per heavy atom. The molecule has 1 aliphatic heterocycles. The second-order valence-corrected chi connectivity index (χ2v) is 10.7. The van der Waals surface area contributed by atoms with Crippen LogP contribution < -0.4 is 10.1 Å². The number of benzene rings is 2. The summed E-state index contributed by atoms with van der Waals surface area (Å²) in [5, 5.41) is 12.8. The van der Waals surface area contributed by atoms with Crippen LogP contribution in [0.2, 0.25) is 0 Å². The fourth-order valence-corrected chi connectivity index (χ4v) is 5.60. The quantitative estimate of drug-likeness (QED) is 0.198. The van der Waals surface area contributed by atoms with Gasteiger partial charge in [0.1, 0.15) is 41.5 Å². The Morgan fingerprint density at radius 1 is 1.00 bits per heavy atom. The molecule has 4 heterocycles. The van der Waals surface area contributed by atoms with Gasteiger partial charge in [-0.05, 0) is 26.0 Å². The highest BCUT2D eigenvalue weighted by molar-refractivity contribution is 5.96. The van der Waals surface area contributed by atoms with E-state index in [0.717, 1.165) is 12.1 Å². The molecule has 14 heteroatoms. The first-order valence-electron chi connectivity index (χ1n) is 14.1. The Hall–Kier alpha value is -4.69. The summed E-state index contributed by atoms with van der Waals surface area (Å²) in [5.74, 6) is -0.195. The van der Waals surface area contributed by atoms with Crippen LogP contribution in [0, 0.1) is 25.5 Å². The van der Waals surface area contributed by atoms with Gasteiger partial charge in [-0.1, -0.05) is 18.2 Å². The largest absolute Gasteiger partial charge is 0.491 e. The maximum atomic E-state index is 15.2. The summed E-state index contributed by atoms with van der Waals surface area (Å²) < 4.78 is 77.2. The van der Waals surface area contributed by atoms with E-state index in [1.807, 2.05) is 18.2 Å². The van der Waals surface area contributed by atoms with Crippen molar-refractivity contribution in [2.24, 2.45) is 0 Å². The van der Waals surface area contributed by atoms with Crippen LogP contribution in [0.4, 0.5) is 33.6 Å². The molecule has 2 N–H and O–H groups in total. The molecule has 0 unspecified atom stereocenters. The fraction of sp³-hybridized carbons (Fsp3) is 0.290. The number of para-hydroxylation sites is 1. The molecule has 2 aromatic carbocycles. The molecule has 234 valence electrons. The molecule has 1 aliphatic rings. The first-order chi connectivity index (χ1) is 21.5. The minimum atomic E-state index is -4.40. The molecular formula is C31H28F5N7O2. The molecule has 0 bridgehead atoms. The van der Waals surface area contributed by atoms with Crippen LogP contribution in [-0.4, -0.2) is 60.4 Å². The summed E-state index contributed by atoms with van der Waals surface area (Å²) in [6.45, 7) is 1.75. The Bertz CT molecular complexity index is 1870. The van der Waals surface area contributed by atoms with Crippen molar-refractivity contribution in [2.75, 3.05) is 25.1 Å². The van der Waals surface area contributed by atoms with Gasteiger partial charge in [0.15, 0.2) is 5.82 Å². The first kappa shape index (κ1) is 30.3. The fourth-order valence-electron chi connectivity index (χ4n) is 5.60. The van der Waals surface area contributed by atoms with Crippen LogP contribution in [0.15, 0.2) is 48.7 Å². The molecule has 0 radical (unpaired) electrons. The van der Waals surface area contributed by atoms with Gasteiger partial charge < -0.3 is 19.7 Å². The van der Waals surface area contributed by atoms with E-state index in [-0.39, 0.29) is 50.0 Å². The van der Waals surface area contributed by atoms with Gasteiger partial charge >= 0.3 is 6.18 Å². The SMILES string of the molecule is Cc1nccc(Nc2nc(-c3c(C)n(Cc4c(F)cc(OCCO)cc4F)c4ccccc34)nc3c2CN(CC(F)(F)F)C3)n1. The number of nitrogens with one attached hydrogen (secondary N) is 1. The summed E-state index contributed by atoms with van der Waals surface area (Å²) >= 11 is 0. The number of fused-ring (bicyclic) bond motifs is 2. The van der Waals surface area contributed by atoms with E-state index in [2.05, 4.69) is 15.3 Å². The Morgan fingerprint density at radius 2 is 1.76 bits per heavy atom. The van der Waals surface area contributed by atoms with Crippen LogP contribution in [0.1, 0.15) is 28.3 Å². The van der Waals surface area contributed by atoms with Crippen molar-refractivity contribution >= 4 is 22.5 Å². The summed E-state index contributed by atoms with van der Waals surface area (Å²) in [7, 11) is 0. The zero-order valence-electron chi connectivity index (χ0n) is 24.3. The number of halogens is 5. The van der Waals surface area contributed by atoms with Gasteiger partial charge in [0, 0.05) is 64.7 Å². The highest BCUT2D eigenvalue weighted by Crippen LogP contribution is 2.38. The van der Waals surface area contributed by atoms with E-state index >= 15 is 8.78 Å². The highest BCUT2D eigenvalue weighted by atomic mass is 19.4. The van der Waals surface area contributed by atoms with Gasteiger partial charge in [0.05, 0.1) is 25.4 Å². The van der Waals surface area contributed by atoms with Crippen LogP contribution in [0.5, 0.6) is 5.75 Å². The predicted octanol–water partition coefficient (Wildman–Crippen LogP) is 5.82. The zero-order valence-corrected chi connectivity index (χ0v) is 24.3. The monoisotopic (exact) mass is 625 g/mol. The molecule has 0 spiro atoms. The lowest BCUT2D eigenvalue weighted by Crippen LogP contribution is -2.30. The third-order valence-corrected chi connectivity index (χ3v) is 7.52. The number of aryl methyl sites for hydroxylation is 1. The van der Waals surface area contributed by atoms with Crippen LogP contribution in [0.25, 0.3) is 22.3 Å². The van der Waals surface area contributed by atoms with E-state index in [1.165, 1.54) is 4.90 Å². The van der Waals surface area contributed by atoms with Crippen molar-refractivity contribution in [3.8, 4) is 17.1 Å². The molecule has 9 nitrogen and oxygen atoms in total. The minimum absolute atomic E-state index is 0.0150. The molecule has 0 fully saturated rings. The topological polar surface area (TPSA) is 101 Å². The van der Waals surface area contributed by atoms with Crippen molar-refractivity contribution < 1.29 is 31.8 Å². The lowest BCUT2D eigenvalue weighted by molar-refractivity contribution is -0.147. The Kier molecular flexibility index (Phi) is 8.10. The number of aliphatic hydroxyl groups is 1. The average Bonchev–Trinajstić information content (AvgIpc) is 3.50. The third-order valence-electron chi connectivity index (χ3n) is 7.52. The van der Waals surface area contributed by atoms with E-state index < -0.39 is 24.4 Å². The number of hydrogen-bond donors (Lipinski definition) is 2. The van der Waals surface area contributed by atoms with Gasteiger partial charge in [-0.3, -0.25) is 4.90 Å². The summed E-state index contributed by atoms with van der Waals surface area (Å²) in [4.78, 5) is 19.2. The first-order valence-corrected chi connectivity index (χ1v) is 14.1. The van der Waals surface area contributed by atoms with E-state index in [0.29, 0.717) is 50.9 Å². The van der Waals surface area contributed by atoms with Crippen molar-refractivity contribution in [1.82, 2.24) is 29.4 Å². The standard InChI is InChI=1S/C31H28F5N7O2/c1-17-28(20-5-3-4-6-26(20)43(17)14-21-23(32)11-19(12-24(21)33)45-10-9-44)30-39-25-15-42(16-31(34,35)36)13-22(25)29(41-30)40-27-7-8-37-18(2)38-27/h3-8,11-12,44H,9-10,13-16H2,1-2H3,(H,37,38,39,40,41). The molecule has 5 aromatic rings. The predicted molar refractivity (Wildman–Crippen MR) is 156 cm³/mol. The van der Waals surface area contributed by atoms with Crippen molar-refractivity contribution in [2.45, 2.75) is 39.7 Å². The second-order valence-electron chi connectivity index (χ2n) is 10.7. The van der Waals surface area contributed by atoms with Gasteiger partial charge in [0.25, 0.3) is 0 Å². The normalized spacial score (nSPS) is 13.4. The molecule has 0 saturated carbocycles. The van der Waals surface area contributed by atoms with E-state index in [1.54, 1.807) is 36.7 Å². The number of anilines is 2. The summed E-state index contributed by atoms with van der Waals surface area (Å²) in [6.07, 6.45) is -2.84. The smallest absolute Gasteiger partial charge is 0.401 e. The van der Waals surface area contributed by atoms with Crippen molar-refractivity contribution in [3.63, 3.8) is 0 Å². The maximum Gasteiger partial charge on any atom is 0.401 e. The number of rotatable bonds is 9. The molecule has 45 heavy (non-hydrogen) atoms. The van der Waals surface area contributed by atoms with Crippen LogP contribution in [0.3, 0.4) is 0 Å². The van der Waals surface area contributed by atoms with Crippen LogP contribution >= 0.6 is 0 Å². The Labute approximate surface area is 254 Å². The van der Waals surface area contributed by atoms with Gasteiger partial charge in [-0.25, -0.2) is 28.7 Å². The van der Waals surface area contributed by atoms with Crippen LogP contribution in [-0.2, 0) is 19.6 Å². The van der Waals surface area contributed by atoms with E-state index in [9.17, 15) is 13.2 Å². The molecule has 0 amide bonds. The van der Waals surface area contributed by atoms with E-state index in [4.69, 9.17) is 19.8 Å². The van der Waals surface area contributed by atoms with Gasteiger partial charge in [-0.15, -0.1) is 0 Å². The average molecular weight is 626 g/mol. The Balaban J connectivity index is 1.45. The second kappa shape index (κ2) is 12.0. The van der Waals surface area contributed by atoms with Gasteiger partial charge in [0.2, 0.25) is 0 Å². The molecule has 3 aromatic heterocycles. The number of hydrogen-bond acceptors (Lipinski definition) is 8. The summed E-state index contributed by atoms with van der Waals surface area (Å²) in [5.41, 5.74) is 2.60. The molecule has 6 rings (SSSR count). The number of aromatic nitrogens is 5. The zero-order chi connectivity index (χ0) is 31.9. The number of nitrogens with zero attached hydrogens (tertiary/aromatic N) is 6. The maximum absolute atomic E-state index is 15.2. The third kappa shape index (κ3) is 6.28. The summed E-state index contributed by atoms with van der Waals surface area (Å²) in [6, 6.07) is 11.0. The minimum Gasteiger partial charge on any atom is -0.491 e. The highest BCUT2D eigenvalue weighted by Gasteiger charge is 2.36. The van der Waals surface area contributed by atoms with Gasteiger partial charge in [-0.2, -0.15) is 13.2 Å². The molecular weight excluding hydrogens is 597 g/mol. The number of aliphatic hydroxyl groups excluding tert-OH is 1. The molecule has 0 atom stereocenters. The molecule has 0 saturated heterocycles. The lowest BCUT2D eigenvalue weighted by atomic mass is 10.1. The number of alkyl halides is 3. The van der Waals surface area contributed by atoms with Crippen molar-refractivity contribution in [1.29, 1.82) is 0 Å².